The summed E-state index contributed by atoms with van der Waals surface area (Å²) in [5.41, 5.74) is 1.31. The van der Waals surface area contributed by atoms with Crippen LogP contribution in [0.2, 0.25) is 5.02 Å². The fourth-order valence-corrected chi connectivity index (χ4v) is 5.63. The molecule has 0 spiro atoms. The highest BCUT2D eigenvalue weighted by atomic mass is 79.9. The summed E-state index contributed by atoms with van der Waals surface area (Å²) in [4.78, 5) is 2.22. The summed E-state index contributed by atoms with van der Waals surface area (Å²) in [5.74, 6) is 0.459. The SMILES string of the molecule is COc1ccc(Cl)c2c(CCN(C)C)cn(S(=O)(=O)c3ccccc3Br)c12. The zero-order chi connectivity index (χ0) is 19.8. The maximum atomic E-state index is 13.4. The minimum Gasteiger partial charge on any atom is -0.495 e. The van der Waals surface area contributed by atoms with Crippen molar-refractivity contribution in [2.75, 3.05) is 27.7 Å². The molecule has 144 valence electrons. The molecule has 3 rings (SSSR count). The smallest absolute Gasteiger partial charge is 0.269 e. The van der Waals surface area contributed by atoms with Crippen LogP contribution in [0.5, 0.6) is 5.75 Å². The average Bonchev–Trinajstić information content (AvgIpc) is 3.02. The predicted molar refractivity (Wildman–Crippen MR) is 112 cm³/mol. The Morgan fingerprint density at radius 2 is 1.89 bits per heavy atom. The van der Waals surface area contributed by atoms with Crippen LogP contribution < -0.4 is 4.74 Å². The monoisotopic (exact) mass is 470 g/mol. The van der Waals surface area contributed by atoms with E-state index < -0.39 is 10.0 Å². The van der Waals surface area contributed by atoms with Crippen molar-refractivity contribution in [2.45, 2.75) is 11.3 Å². The van der Waals surface area contributed by atoms with Gasteiger partial charge in [-0.1, -0.05) is 23.7 Å². The van der Waals surface area contributed by atoms with Crippen LogP contribution in [0, 0.1) is 0 Å². The molecule has 0 aliphatic heterocycles. The Labute approximate surface area is 172 Å². The molecule has 0 amide bonds. The van der Waals surface area contributed by atoms with E-state index in [1.165, 1.54) is 11.1 Å². The fourth-order valence-electron chi connectivity index (χ4n) is 2.99. The van der Waals surface area contributed by atoms with Crippen molar-refractivity contribution in [3.63, 3.8) is 0 Å². The number of hydrogen-bond acceptors (Lipinski definition) is 4. The molecule has 5 nitrogen and oxygen atoms in total. The summed E-state index contributed by atoms with van der Waals surface area (Å²) < 4.78 is 34.1. The van der Waals surface area contributed by atoms with Crippen molar-refractivity contribution in [1.29, 1.82) is 0 Å². The summed E-state index contributed by atoms with van der Waals surface area (Å²) >= 11 is 9.80. The van der Waals surface area contributed by atoms with Gasteiger partial charge in [0.15, 0.2) is 0 Å². The van der Waals surface area contributed by atoms with E-state index >= 15 is 0 Å². The number of aromatic nitrogens is 1. The number of methoxy groups -OCH3 is 1. The third kappa shape index (κ3) is 3.74. The van der Waals surface area contributed by atoms with Gasteiger partial charge in [0.05, 0.1) is 12.1 Å². The first-order valence-corrected chi connectivity index (χ1v) is 10.9. The third-order valence-corrected chi connectivity index (χ3v) is 7.31. The zero-order valence-electron chi connectivity index (χ0n) is 15.2. The summed E-state index contributed by atoms with van der Waals surface area (Å²) in [5, 5.41) is 1.20. The molecule has 0 radical (unpaired) electrons. The summed E-state index contributed by atoms with van der Waals surface area (Å²) in [6.07, 6.45) is 2.31. The van der Waals surface area contributed by atoms with Crippen LogP contribution in [-0.4, -0.2) is 45.0 Å². The van der Waals surface area contributed by atoms with E-state index in [0.717, 1.165) is 12.1 Å². The second kappa shape index (κ2) is 7.83. The van der Waals surface area contributed by atoms with E-state index in [1.54, 1.807) is 42.6 Å². The molecule has 8 heteroatoms. The first-order valence-electron chi connectivity index (χ1n) is 8.28. The largest absolute Gasteiger partial charge is 0.495 e. The van der Waals surface area contributed by atoms with Crippen molar-refractivity contribution < 1.29 is 13.2 Å². The summed E-state index contributed by atoms with van der Waals surface area (Å²) in [7, 11) is 1.62. The van der Waals surface area contributed by atoms with Crippen molar-refractivity contribution in [2.24, 2.45) is 0 Å². The first kappa shape index (κ1) is 20.2. The summed E-state index contributed by atoms with van der Waals surface area (Å²) in [6.45, 7) is 0.766. The van der Waals surface area contributed by atoms with Crippen molar-refractivity contribution >= 4 is 48.5 Å². The van der Waals surface area contributed by atoms with E-state index in [0.29, 0.717) is 32.6 Å². The lowest BCUT2D eigenvalue weighted by Gasteiger charge is -2.11. The molecule has 3 aromatic rings. The number of nitrogens with zero attached hydrogens (tertiary/aromatic N) is 2. The standard InChI is InChI=1S/C19H20BrClN2O3S/c1-22(2)11-10-13-12-23(19-16(26-3)9-8-15(21)18(13)19)27(24,25)17-7-5-4-6-14(17)20/h4-9,12H,10-11H2,1-3H3. The van der Waals surface area contributed by atoms with Gasteiger partial charge in [0.1, 0.15) is 16.2 Å². The molecule has 0 aliphatic carbocycles. The van der Waals surface area contributed by atoms with Crippen LogP contribution in [0.15, 0.2) is 52.0 Å². The van der Waals surface area contributed by atoms with Gasteiger partial charge in [0.25, 0.3) is 10.0 Å². The van der Waals surface area contributed by atoms with Crippen molar-refractivity contribution in [3.8, 4) is 5.75 Å². The van der Waals surface area contributed by atoms with Crippen LogP contribution >= 0.6 is 27.5 Å². The Hall–Kier alpha value is -1.54. The second-order valence-corrected chi connectivity index (χ2v) is 9.46. The third-order valence-electron chi connectivity index (χ3n) is 4.33. The maximum absolute atomic E-state index is 13.4. The maximum Gasteiger partial charge on any atom is 0.269 e. The number of benzene rings is 2. The molecule has 1 heterocycles. The molecule has 2 aromatic carbocycles. The lowest BCUT2D eigenvalue weighted by Crippen LogP contribution is -2.15. The number of fused-ring (bicyclic) bond motifs is 1. The van der Waals surface area contributed by atoms with Crippen LogP contribution in [-0.2, 0) is 16.4 Å². The molecular formula is C19H20BrClN2O3S. The van der Waals surface area contributed by atoms with Gasteiger partial charge in [-0.15, -0.1) is 0 Å². The summed E-state index contributed by atoms with van der Waals surface area (Å²) in [6, 6.07) is 10.2. The lowest BCUT2D eigenvalue weighted by molar-refractivity contribution is 0.414. The minimum atomic E-state index is -3.85. The van der Waals surface area contributed by atoms with E-state index in [9.17, 15) is 8.42 Å². The topological polar surface area (TPSA) is 51.5 Å². The molecule has 0 unspecified atom stereocenters. The normalized spacial score (nSPS) is 12.1. The molecule has 0 atom stereocenters. The van der Waals surface area contributed by atoms with Crippen molar-refractivity contribution in [1.82, 2.24) is 8.87 Å². The highest BCUT2D eigenvalue weighted by Gasteiger charge is 2.26. The molecule has 0 fully saturated rings. The lowest BCUT2D eigenvalue weighted by atomic mass is 10.1. The zero-order valence-corrected chi connectivity index (χ0v) is 18.4. The van der Waals surface area contributed by atoms with Gasteiger partial charge in [0, 0.05) is 22.6 Å². The Balaban J connectivity index is 2.33. The Morgan fingerprint density at radius 3 is 2.52 bits per heavy atom. The molecular weight excluding hydrogens is 452 g/mol. The molecule has 0 aliphatic rings. The van der Waals surface area contributed by atoms with Crippen molar-refractivity contribution in [3.05, 3.63) is 57.7 Å². The highest BCUT2D eigenvalue weighted by Crippen LogP contribution is 2.38. The number of rotatable bonds is 6. The number of ether oxygens (including phenoxy) is 1. The minimum absolute atomic E-state index is 0.183. The van der Waals surface area contributed by atoms with Gasteiger partial charge in [-0.2, -0.15) is 0 Å². The second-order valence-electron chi connectivity index (χ2n) is 6.41. The molecule has 0 saturated heterocycles. The molecule has 27 heavy (non-hydrogen) atoms. The molecule has 1 aromatic heterocycles. The Kier molecular flexibility index (Phi) is 5.86. The average molecular weight is 472 g/mol. The van der Waals surface area contributed by atoms with Gasteiger partial charge in [-0.05, 0) is 66.3 Å². The van der Waals surface area contributed by atoms with Gasteiger partial charge >= 0.3 is 0 Å². The van der Waals surface area contributed by atoms with Crippen LogP contribution in [0.3, 0.4) is 0 Å². The Morgan fingerprint density at radius 1 is 1.19 bits per heavy atom. The molecule has 0 saturated carbocycles. The molecule has 0 N–H and O–H groups in total. The first-order chi connectivity index (χ1) is 12.8. The molecule has 0 bridgehead atoms. The predicted octanol–water partition coefficient (Wildman–Crippen LogP) is 4.41. The van der Waals surface area contributed by atoms with Gasteiger partial charge in [-0.25, -0.2) is 12.4 Å². The van der Waals surface area contributed by atoms with Crippen LogP contribution in [0.1, 0.15) is 5.56 Å². The van der Waals surface area contributed by atoms with Crippen LogP contribution in [0.4, 0.5) is 0 Å². The van der Waals surface area contributed by atoms with Gasteiger partial charge < -0.3 is 9.64 Å². The van der Waals surface area contributed by atoms with E-state index in [2.05, 4.69) is 15.9 Å². The number of hydrogen-bond donors (Lipinski definition) is 0. The van der Waals surface area contributed by atoms with Gasteiger partial charge in [0.2, 0.25) is 0 Å². The quantitative estimate of drug-likeness (QED) is 0.534. The number of halogens is 2. The Bertz CT molecular complexity index is 1090. The van der Waals surface area contributed by atoms with Crippen LogP contribution in [0.25, 0.3) is 10.9 Å². The van der Waals surface area contributed by atoms with E-state index in [-0.39, 0.29) is 4.90 Å². The van der Waals surface area contributed by atoms with E-state index in [1.807, 2.05) is 19.0 Å². The highest BCUT2D eigenvalue weighted by molar-refractivity contribution is 9.10. The fraction of sp³-hybridized carbons (Fsp3) is 0.263. The van der Waals surface area contributed by atoms with E-state index in [4.69, 9.17) is 16.3 Å². The number of likely N-dealkylation sites (N-methyl/N-ethyl adjacent to an activating group) is 1. The van der Waals surface area contributed by atoms with Gasteiger partial charge in [-0.3, -0.25) is 0 Å².